The van der Waals surface area contributed by atoms with Crippen LogP contribution in [0.3, 0.4) is 0 Å². The molecule has 1 aromatic rings. The molecule has 7 heteroatoms. The zero-order valence-corrected chi connectivity index (χ0v) is 10.6. The van der Waals surface area contributed by atoms with Gasteiger partial charge >= 0.3 is 12.1 Å². The quantitative estimate of drug-likeness (QED) is 0.851. The molecule has 1 saturated heterocycles. The number of hydrogen-bond acceptors (Lipinski definition) is 2. The second-order valence-electron chi connectivity index (χ2n) is 4.91. The lowest BCUT2D eigenvalue weighted by molar-refractivity contribution is -0.139. The van der Waals surface area contributed by atoms with Crippen molar-refractivity contribution in [1.29, 1.82) is 0 Å². The summed E-state index contributed by atoms with van der Waals surface area (Å²) in [6.07, 6.45) is -4.07. The molecule has 110 valence electrons. The zero-order valence-electron chi connectivity index (χ0n) is 10.6. The number of carboxylic acid groups (broad SMARTS) is 1. The van der Waals surface area contributed by atoms with Gasteiger partial charge in [-0.15, -0.1) is 0 Å². The maximum Gasteiger partial charge on any atom is 0.416 e. The molecule has 0 amide bonds. The summed E-state index contributed by atoms with van der Waals surface area (Å²) < 4.78 is 51.3. The maximum absolute atomic E-state index is 13.9. The second kappa shape index (κ2) is 4.96. The van der Waals surface area contributed by atoms with Crippen molar-refractivity contribution in [3.63, 3.8) is 0 Å². The Morgan fingerprint density at radius 2 is 2.05 bits per heavy atom. The first-order valence-electron chi connectivity index (χ1n) is 6.08. The summed E-state index contributed by atoms with van der Waals surface area (Å²) in [5.41, 5.74) is -1.19. The van der Waals surface area contributed by atoms with E-state index in [1.54, 1.807) is 6.92 Å². The third-order valence-electron chi connectivity index (χ3n) is 3.54. The van der Waals surface area contributed by atoms with Crippen molar-refractivity contribution in [1.82, 2.24) is 0 Å². The van der Waals surface area contributed by atoms with Crippen molar-refractivity contribution >= 4 is 11.7 Å². The SMILES string of the molecule is CC1CCN(c2ccc(C(F)(F)F)cc2F)C1C(=O)O. The molecule has 1 aliphatic rings. The van der Waals surface area contributed by atoms with Crippen LogP contribution in [-0.2, 0) is 11.0 Å². The number of rotatable bonds is 2. The summed E-state index contributed by atoms with van der Waals surface area (Å²) in [4.78, 5) is 12.5. The lowest BCUT2D eigenvalue weighted by Gasteiger charge is -2.26. The lowest BCUT2D eigenvalue weighted by Crippen LogP contribution is -2.39. The fraction of sp³-hybridized carbons (Fsp3) is 0.462. The maximum atomic E-state index is 13.9. The number of hydrogen-bond donors (Lipinski definition) is 1. The highest BCUT2D eigenvalue weighted by molar-refractivity contribution is 5.79. The molecule has 2 rings (SSSR count). The number of anilines is 1. The predicted molar refractivity (Wildman–Crippen MR) is 64.0 cm³/mol. The van der Waals surface area contributed by atoms with Gasteiger partial charge in [0.2, 0.25) is 0 Å². The van der Waals surface area contributed by atoms with Crippen LogP contribution in [0.2, 0.25) is 0 Å². The Balaban J connectivity index is 2.36. The first kappa shape index (κ1) is 14.6. The molecule has 1 N–H and O–H groups in total. The summed E-state index contributed by atoms with van der Waals surface area (Å²) in [6, 6.07) is 1.24. The Bertz CT molecular complexity index is 530. The average Bonchev–Trinajstić information content (AvgIpc) is 2.69. The molecule has 2 unspecified atom stereocenters. The van der Waals surface area contributed by atoms with Gasteiger partial charge < -0.3 is 10.0 Å². The van der Waals surface area contributed by atoms with Gasteiger partial charge in [0.05, 0.1) is 11.3 Å². The van der Waals surface area contributed by atoms with Gasteiger partial charge in [0.25, 0.3) is 0 Å². The van der Waals surface area contributed by atoms with Gasteiger partial charge in [0, 0.05) is 6.54 Å². The van der Waals surface area contributed by atoms with Gasteiger partial charge in [0.15, 0.2) is 0 Å². The zero-order chi connectivity index (χ0) is 15.1. The molecule has 1 aromatic carbocycles. The molecule has 1 aliphatic heterocycles. The molecular weight excluding hydrogens is 278 g/mol. The molecule has 3 nitrogen and oxygen atoms in total. The topological polar surface area (TPSA) is 40.5 Å². The van der Waals surface area contributed by atoms with Gasteiger partial charge in [-0.25, -0.2) is 9.18 Å². The van der Waals surface area contributed by atoms with Gasteiger partial charge in [-0.2, -0.15) is 13.2 Å². The largest absolute Gasteiger partial charge is 0.480 e. The number of aliphatic carboxylic acids is 1. The molecule has 0 bridgehead atoms. The Labute approximate surface area is 112 Å². The van der Waals surface area contributed by atoms with E-state index in [0.29, 0.717) is 19.0 Å². The monoisotopic (exact) mass is 291 g/mol. The first-order valence-corrected chi connectivity index (χ1v) is 6.08. The van der Waals surface area contributed by atoms with E-state index in [1.165, 1.54) is 4.90 Å². The number of carboxylic acids is 1. The van der Waals surface area contributed by atoms with Gasteiger partial charge in [-0.3, -0.25) is 0 Å². The normalized spacial score (nSPS) is 23.1. The van der Waals surface area contributed by atoms with Crippen molar-refractivity contribution in [2.24, 2.45) is 5.92 Å². The molecule has 0 aromatic heterocycles. The van der Waals surface area contributed by atoms with Crippen molar-refractivity contribution < 1.29 is 27.5 Å². The minimum atomic E-state index is -4.62. The van der Waals surface area contributed by atoms with Crippen molar-refractivity contribution in [2.75, 3.05) is 11.4 Å². The molecule has 2 atom stereocenters. The third kappa shape index (κ3) is 2.57. The van der Waals surface area contributed by atoms with Crippen LogP contribution in [0.4, 0.5) is 23.2 Å². The standard InChI is InChI=1S/C13H13F4NO2/c1-7-4-5-18(11(7)12(19)20)10-3-2-8(6-9(10)14)13(15,16)17/h2-3,6-7,11H,4-5H2,1H3,(H,19,20). The van der Waals surface area contributed by atoms with E-state index in [-0.39, 0.29) is 11.6 Å². The molecule has 1 heterocycles. The molecule has 0 radical (unpaired) electrons. The van der Waals surface area contributed by atoms with E-state index < -0.39 is 29.6 Å². The molecule has 0 saturated carbocycles. The minimum absolute atomic E-state index is 0.102. The van der Waals surface area contributed by atoms with E-state index in [0.717, 1.165) is 12.1 Å². The Kier molecular flexibility index (Phi) is 3.62. The molecule has 20 heavy (non-hydrogen) atoms. The Morgan fingerprint density at radius 1 is 1.40 bits per heavy atom. The highest BCUT2D eigenvalue weighted by Gasteiger charge is 2.38. The van der Waals surface area contributed by atoms with Crippen LogP contribution in [0.25, 0.3) is 0 Å². The number of alkyl halides is 3. The van der Waals surface area contributed by atoms with Crippen molar-refractivity contribution in [3.05, 3.63) is 29.6 Å². The van der Waals surface area contributed by atoms with Crippen LogP contribution in [0.1, 0.15) is 18.9 Å². The van der Waals surface area contributed by atoms with Crippen molar-refractivity contribution in [2.45, 2.75) is 25.6 Å². The highest BCUT2D eigenvalue weighted by Crippen LogP contribution is 2.35. The molecule has 0 aliphatic carbocycles. The number of benzene rings is 1. The third-order valence-corrected chi connectivity index (χ3v) is 3.54. The van der Waals surface area contributed by atoms with E-state index in [2.05, 4.69) is 0 Å². The van der Waals surface area contributed by atoms with E-state index >= 15 is 0 Å². The molecular formula is C13H13F4NO2. The second-order valence-corrected chi connectivity index (χ2v) is 4.91. The van der Waals surface area contributed by atoms with Crippen LogP contribution >= 0.6 is 0 Å². The number of carbonyl (C=O) groups is 1. The summed E-state index contributed by atoms with van der Waals surface area (Å²) in [6.45, 7) is 2.03. The van der Waals surface area contributed by atoms with Gasteiger partial charge in [-0.1, -0.05) is 6.92 Å². The summed E-state index contributed by atoms with van der Waals surface area (Å²) in [7, 11) is 0. The predicted octanol–water partition coefficient (Wildman–Crippen LogP) is 3.14. The summed E-state index contributed by atoms with van der Waals surface area (Å²) in [5.74, 6) is -2.34. The van der Waals surface area contributed by atoms with Crippen molar-refractivity contribution in [3.8, 4) is 0 Å². The van der Waals surface area contributed by atoms with Crippen LogP contribution in [0.15, 0.2) is 18.2 Å². The average molecular weight is 291 g/mol. The lowest BCUT2D eigenvalue weighted by atomic mass is 10.0. The van der Waals surface area contributed by atoms with Crippen LogP contribution < -0.4 is 4.90 Å². The number of nitrogens with zero attached hydrogens (tertiary/aromatic N) is 1. The summed E-state index contributed by atoms with van der Waals surface area (Å²) in [5, 5.41) is 9.15. The highest BCUT2D eigenvalue weighted by atomic mass is 19.4. The first-order chi connectivity index (χ1) is 9.21. The smallest absolute Gasteiger partial charge is 0.416 e. The Hall–Kier alpha value is -1.79. The molecule has 1 fully saturated rings. The fourth-order valence-corrected chi connectivity index (χ4v) is 2.51. The number of halogens is 4. The molecule has 0 spiro atoms. The van der Waals surface area contributed by atoms with E-state index in [4.69, 9.17) is 5.11 Å². The minimum Gasteiger partial charge on any atom is -0.480 e. The summed E-state index contributed by atoms with van der Waals surface area (Å²) >= 11 is 0. The fourth-order valence-electron chi connectivity index (χ4n) is 2.51. The van der Waals surface area contributed by atoms with Gasteiger partial charge in [-0.05, 0) is 30.5 Å². The van der Waals surface area contributed by atoms with E-state index in [1.807, 2.05) is 0 Å². The van der Waals surface area contributed by atoms with Gasteiger partial charge in [0.1, 0.15) is 11.9 Å². The van der Waals surface area contributed by atoms with Crippen LogP contribution in [-0.4, -0.2) is 23.7 Å². The van der Waals surface area contributed by atoms with Crippen LogP contribution in [0.5, 0.6) is 0 Å². The van der Waals surface area contributed by atoms with E-state index in [9.17, 15) is 22.4 Å². The Morgan fingerprint density at radius 3 is 2.55 bits per heavy atom. The van der Waals surface area contributed by atoms with Crippen LogP contribution in [0, 0.1) is 11.7 Å².